The van der Waals surface area contributed by atoms with Crippen LogP contribution in [0.25, 0.3) is 0 Å². The minimum atomic E-state index is 0.587. The molecule has 0 saturated carbocycles. The van der Waals surface area contributed by atoms with E-state index in [1.807, 2.05) is 6.20 Å². The Labute approximate surface area is 116 Å². The molecule has 3 N–H and O–H groups in total. The van der Waals surface area contributed by atoms with Crippen LogP contribution in [-0.2, 0) is 6.42 Å². The van der Waals surface area contributed by atoms with E-state index < -0.39 is 0 Å². The van der Waals surface area contributed by atoms with Gasteiger partial charge in [0.25, 0.3) is 0 Å². The summed E-state index contributed by atoms with van der Waals surface area (Å²) in [5.74, 6) is 1.50. The maximum absolute atomic E-state index is 4.54. The van der Waals surface area contributed by atoms with Gasteiger partial charge in [-0.2, -0.15) is 5.10 Å². The number of H-pyrrole nitrogens is 1. The first-order valence-corrected chi connectivity index (χ1v) is 7.14. The van der Waals surface area contributed by atoms with Gasteiger partial charge >= 0.3 is 0 Å². The lowest BCUT2D eigenvalue weighted by Crippen LogP contribution is -2.38. The number of aliphatic imine (C=N–C) groups is 1. The molecule has 0 fully saturated rings. The molecule has 0 radical (unpaired) electrons. The van der Waals surface area contributed by atoms with Gasteiger partial charge in [0.15, 0.2) is 5.96 Å². The molecule has 0 aromatic carbocycles. The zero-order valence-corrected chi connectivity index (χ0v) is 12.6. The summed E-state index contributed by atoms with van der Waals surface area (Å²) in [5.41, 5.74) is 2.46. The van der Waals surface area contributed by atoms with Crippen LogP contribution in [0.5, 0.6) is 0 Å². The van der Waals surface area contributed by atoms with Crippen LogP contribution >= 0.6 is 0 Å². The van der Waals surface area contributed by atoms with Gasteiger partial charge in [-0.05, 0) is 38.2 Å². The first-order valence-electron chi connectivity index (χ1n) is 7.14. The van der Waals surface area contributed by atoms with Crippen LogP contribution in [0, 0.1) is 12.8 Å². The number of hydrogen-bond donors (Lipinski definition) is 3. The van der Waals surface area contributed by atoms with Gasteiger partial charge in [-0.25, -0.2) is 0 Å². The Morgan fingerprint density at radius 2 is 2.21 bits per heavy atom. The summed E-state index contributed by atoms with van der Waals surface area (Å²) in [7, 11) is 0. The average Bonchev–Trinajstić information content (AvgIpc) is 2.77. The molecule has 1 heterocycles. The highest BCUT2D eigenvalue weighted by molar-refractivity contribution is 5.79. The fraction of sp³-hybridized carbons (Fsp3) is 0.714. The molecule has 5 heteroatoms. The van der Waals surface area contributed by atoms with Crippen molar-refractivity contribution in [2.75, 3.05) is 19.6 Å². The predicted molar refractivity (Wildman–Crippen MR) is 80.5 cm³/mol. The van der Waals surface area contributed by atoms with Crippen molar-refractivity contribution in [3.8, 4) is 0 Å². The van der Waals surface area contributed by atoms with Crippen molar-refractivity contribution in [1.82, 2.24) is 20.8 Å². The number of rotatable bonds is 7. The summed E-state index contributed by atoms with van der Waals surface area (Å²) >= 11 is 0. The normalized spacial score (nSPS) is 11.9. The summed E-state index contributed by atoms with van der Waals surface area (Å²) in [6.07, 6.45) is 4.03. The van der Waals surface area contributed by atoms with Crippen molar-refractivity contribution in [2.24, 2.45) is 10.9 Å². The molecule has 0 spiro atoms. The monoisotopic (exact) mass is 265 g/mol. The summed E-state index contributed by atoms with van der Waals surface area (Å²) in [5, 5.41) is 13.6. The second-order valence-corrected chi connectivity index (χ2v) is 5.16. The van der Waals surface area contributed by atoms with E-state index in [2.05, 4.69) is 53.5 Å². The number of aromatic amines is 1. The molecule has 0 atom stereocenters. The first kappa shape index (κ1) is 15.5. The summed E-state index contributed by atoms with van der Waals surface area (Å²) in [6, 6.07) is 0. The lowest BCUT2D eigenvalue weighted by molar-refractivity contribution is 0.654. The second kappa shape index (κ2) is 8.56. The van der Waals surface area contributed by atoms with Crippen molar-refractivity contribution < 1.29 is 0 Å². The van der Waals surface area contributed by atoms with Crippen LogP contribution in [-0.4, -0.2) is 35.8 Å². The van der Waals surface area contributed by atoms with Crippen LogP contribution in [0.15, 0.2) is 11.2 Å². The van der Waals surface area contributed by atoms with Crippen molar-refractivity contribution >= 4 is 5.96 Å². The Hall–Kier alpha value is -1.52. The first-order chi connectivity index (χ1) is 9.13. The van der Waals surface area contributed by atoms with Crippen LogP contribution < -0.4 is 10.6 Å². The van der Waals surface area contributed by atoms with Crippen LogP contribution in [0.4, 0.5) is 0 Å². The van der Waals surface area contributed by atoms with Crippen LogP contribution in [0.1, 0.15) is 38.4 Å². The Kier molecular flexibility index (Phi) is 7.00. The average molecular weight is 265 g/mol. The van der Waals surface area contributed by atoms with E-state index in [1.54, 1.807) is 0 Å². The third kappa shape index (κ3) is 6.27. The van der Waals surface area contributed by atoms with Gasteiger partial charge in [0.05, 0.1) is 6.20 Å². The van der Waals surface area contributed by atoms with Crippen molar-refractivity contribution in [1.29, 1.82) is 0 Å². The van der Waals surface area contributed by atoms with Gasteiger partial charge in [-0.1, -0.05) is 13.8 Å². The molecule has 0 aliphatic carbocycles. The molecule has 0 bridgehead atoms. The van der Waals surface area contributed by atoms with Gasteiger partial charge in [0.1, 0.15) is 0 Å². The lowest BCUT2D eigenvalue weighted by Gasteiger charge is -2.11. The van der Waals surface area contributed by atoms with E-state index in [9.17, 15) is 0 Å². The van der Waals surface area contributed by atoms with E-state index in [4.69, 9.17) is 0 Å². The fourth-order valence-corrected chi connectivity index (χ4v) is 1.73. The zero-order chi connectivity index (χ0) is 14.1. The number of aromatic nitrogens is 2. The molecule has 5 nitrogen and oxygen atoms in total. The summed E-state index contributed by atoms with van der Waals surface area (Å²) in [4.78, 5) is 4.54. The van der Waals surface area contributed by atoms with Crippen LogP contribution in [0.3, 0.4) is 0 Å². The minimum Gasteiger partial charge on any atom is -0.357 e. The number of nitrogens with one attached hydrogen (secondary N) is 3. The third-order valence-electron chi connectivity index (χ3n) is 2.81. The SMILES string of the molecule is CCNC(=NCC(C)C)NCCCc1cn[nH]c1C. The van der Waals surface area contributed by atoms with E-state index in [0.29, 0.717) is 5.92 Å². The van der Waals surface area contributed by atoms with E-state index in [1.165, 1.54) is 11.3 Å². The zero-order valence-electron chi connectivity index (χ0n) is 12.6. The minimum absolute atomic E-state index is 0.587. The second-order valence-electron chi connectivity index (χ2n) is 5.16. The number of hydrogen-bond acceptors (Lipinski definition) is 2. The van der Waals surface area contributed by atoms with E-state index in [-0.39, 0.29) is 0 Å². The van der Waals surface area contributed by atoms with Crippen LogP contribution in [0.2, 0.25) is 0 Å². The number of aryl methyl sites for hydroxylation is 2. The highest BCUT2D eigenvalue weighted by Crippen LogP contribution is 2.04. The van der Waals surface area contributed by atoms with Gasteiger partial charge in [0.2, 0.25) is 0 Å². The topological polar surface area (TPSA) is 65.1 Å². The highest BCUT2D eigenvalue weighted by atomic mass is 15.2. The van der Waals surface area contributed by atoms with Crippen molar-refractivity contribution in [3.05, 3.63) is 17.5 Å². The van der Waals surface area contributed by atoms with E-state index >= 15 is 0 Å². The molecular weight excluding hydrogens is 238 g/mol. The standard InChI is InChI=1S/C14H27N5/c1-5-15-14(17-9-11(2)3)16-8-6-7-13-10-18-19-12(13)4/h10-11H,5-9H2,1-4H3,(H,18,19)(H2,15,16,17). The summed E-state index contributed by atoms with van der Waals surface area (Å²) < 4.78 is 0. The molecule has 19 heavy (non-hydrogen) atoms. The maximum atomic E-state index is 4.54. The molecule has 108 valence electrons. The number of guanidine groups is 1. The Morgan fingerprint density at radius 1 is 1.42 bits per heavy atom. The molecule has 1 aromatic heterocycles. The maximum Gasteiger partial charge on any atom is 0.191 e. The molecule has 1 rings (SSSR count). The quantitative estimate of drug-likeness (QED) is 0.400. The predicted octanol–water partition coefficient (Wildman–Crippen LogP) is 1.86. The summed E-state index contributed by atoms with van der Waals surface area (Å²) in [6.45, 7) is 11.2. The fourth-order valence-electron chi connectivity index (χ4n) is 1.73. The third-order valence-corrected chi connectivity index (χ3v) is 2.81. The largest absolute Gasteiger partial charge is 0.357 e. The highest BCUT2D eigenvalue weighted by Gasteiger charge is 2.01. The van der Waals surface area contributed by atoms with Gasteiger partial charge < -0.3 is 10.6 Å². The Morgan fingerprint density at radius 3 is 2.79 bits per heavy atom. The van der Waals surface area contributed by atoms with Crippen molar-refractivity contribution in [2.45, 2.75) is 40.5 Å². The Balaban J connectivity index is 2.28. The molecule has 0 unspecified atom stereocenters. The van der Waals surface area contributed by atoms with Gasteiger partial charge in [-0.3, -0.25) is 10.1 Å². The van der Waals surface area contributed by atoms with Crippen molar-refractivity contribution in [3.63, 3.8) is 0 Å². The number of nitrogens with zero attached hydrogens (tertiary/aromatic N) is 2. The molecule has 1 aromatic rings. The molecule has 0 aliphatic rings. The Bertz CT molecular complexity index is 381. The lowest BCUT2D eigenvalue weighted by atomic mass is 10.1. The van der Waals surface area contributed by atoms with E-state index in [0.717, 1.165) is 38.4 Å². The molecule has 0 amide bonds. The van der Waals surface area contributed by atoms with Gasteiger partial charge in [0, 0.05) is 25.3 Å². The smallest absolute Gasteiger partial charge is 0.191 e. The molecule has 0 saturated heterocycles. The molecular formula is C14H27N5. The van der Waals surface area contributed by atoms with Gasteiger partial charge in [-0.15, -0.1) is 0 Å². The molecule has 0 aliphatic heterocycles.